The predicted molar refractivity (Wildman–Crippen MR) is 155 cm³/mol. The van der Waals surface area contributed by atoms with Crippen molar-refractivity contribution in [2.24, 2.45) is 0 Å². The number of carbonyl (C=O) groups is 3. The number of esters is 2. The van der Waals surface area contributed by atoms with Crippen LogP contribution in [0.3, 0.4) is 0 Å². The van der Waals surface area contributed by atoms with Gasteiger partial charge in [0.25, 0.3) is 0 Å². The summed E-state index contributed by atoms with van der Waals surface area (Å²) in [5, 5.41) is 0. The molecule has 1 unspecified atom stereocenters. The van der Waals surface area contributed by atoms with Gasteiger partial charge in [-0.25, -0.2) is 4.79 Å². The maximum Gasteiger partial charge on any atom is 0.521 e. The molecule has 3 aromatic carbocycles. The van der Waals surface area contributed by atoms with Crippen molar-refractivity contribution in [3.63, 3.8) is 0 Å². The van der Waals surface area contributed by atoms with E-state index in [4.69, 9.17) is 14.2 Å². The van der Waals surface area contributed by atoms with E-state index in [0.717, 1.165) is 23.0 Å². The van der Waals surface area contributed by atoms with E-state index in [9.17, 15) is 14.4 Å². The zero-order valence-corrected chi connectivity index (χ0v) is 23.6. The van der Waals surface area contributed by atoms with Crippen LogP contribution in [-0.4, -0.2) is 44.5 Å². The van der Waals surface area contributed by atoms with E-state index in [2.05, 4.69) is 21.8 Å². The summed E-state index contributed by atoms with van der Waals surface area (Å²) in [5.41, 5.74) is 5.45. The van der Waals surface area contributed by atoms with E-state index in [-0.39, 0.29) is 32.1 Å². The molecule has 9 heteroatoms. The van der Waals surface area contributed by atoms with Crippen molar-refractivity contribution in [3.05, 3.63) is 127 Å². The number of carbonyl (C=O) groups excluding carboxylic acids is 3. The molecule has 3 rings (SSSR count). The molecule has 0 spiro atoms. The van der Waals surface area contributed by atoms with Crippen LogP contribution in [0.5, 0.6) is 5.75 Å². The average Bonchev–Trinajstić information content (AvgIpc) is 3.03. The highest BCUT2D eigenvalue weighted by molar-refractivity contribution is 5.84. The van der Waals surface area contributed by atoms with Gasteiger partial charge in [0.1, 0.15) is 24.0 Å². The van der Waals surface area contributed by atoms with Crippen LogP contribution < -0.4 is 10.5 Å². The molecule has 0 aromatic heterocycles. The van der Waals surface area contributed by atoms with Crippen molar-refractivity contribution in [2.75, 3.05) is 20.3 Å². The fraction of sp³-hybridized carbons (Fsp3) is 0.242. The number of methoxy groups -OCH3 is 1. The van der Waals surface area contributed by atoms with Crippen LogP contribution in [0.1, 0.15) is 36.0 Å². The normalized spacial score (nSPS) is 11.9. The van der Waals surface area contributed by atoms with E-state index in [1.54, 1.807) is 19.3 Å². The molecule has 3 N–H and O–H groups in total. The van der Waals surface area contributed by atoms with Crippen molar-refractivity contribution in [1.29, 1.82) is 0 Å². The number of ether oxygens (including phenoxy) is 5. The highest BCUT2D eigenvalue weighted by Gasteiger charge is 2.37. The topological polar surface area (TPSA) is 125 Å². The van der Waals surface area contributed by atoms with E-state index in [1.165, 1.54) is 0 Å². The van der Waals surface area contributed by atoms with Gasteiger partial charge < -0.3 is 29.4 Å². The Morgan fingerprint density at radius 1 is 0.833 bits per heavy atom. The van der Waals surface area contributed by atoms with Crippen molar-refractivity contribution >= 4 is 18.1 Å². The first kappa shape index (κ1) is 31.8. The zero-order valence-electron chi connectivity index (χ0n) is 23.6. The summed E-state index contributed by atoms with van der Waals surface area (Å²) in [7, 11) is 1.61. The second-order valence-electron chi connectivity index (χ2n) is 9.16. The first-order chi connectivity index (χ1) is 20.4. The molecule has 0 aliphatic rings. The summed E-state index contributed by atoms with van der Waals surface area (Å²) >= 11 is 0. The largest absolute Gasteiger partial charge is 0.521 e. The molecule has 3 aromatic rings. The third kappa shape index (κ3) is 9.15. The van der Waals surface area contributed by atoms with Gasteiger partial charge in [0.15, 0.2) is 0 Å². The Hall–Kier alpha value is -4.73. The van der Waals surface area contributed by atoms with Gasteiger partial charge >= 0.3 is 18.1 Å². The lowest BCUT2D eigenvalue weighted by molar-refractivity contribution is -0.401. The van der Waals surface area contributed by atoms with Gasteiger partial charge in [-0.15, -0.1) is 0 Å². The van der Waals surface area contributed by atoms with Crippen molar-refractivity contribution < 1.29 is 43.8 Å². The number of benzene rings is 3. The third-order valence-corrected chi connectivity index (χ3v) is 6.29. The minimum atomic E-state index is -1.19. The molecular weight excluding hydrogens is 538 g/mol. The highest BCUT2D eigenvalue weighted by atomic mass is 16.7. The Bertz CT molecular complexity index is 1280. The molecule has 0 radical (unpaired) electrons. The Kier molecular flexibility index (Phi) is 12.5. The molecule has 9 nitrogen and oxygen atoms in total. The molecule has 0 saturated carbocycles. The molecule has 0 heterocycles. The molecule has 0 aliphatic carbocycles. The summed E-state index contributed by atoms with van der Waals surface area (Å²) in [4.78, 5) is 35.8. The Balaban J connectivity index is 1.59. The Morgan fingerprint density at radius 3 is 1.98 bits per heavy atom. The molecule has 0 aliphatic heterocycles. The van der Waals surface area contributed by atoms with Gasteiger partial charge in [0.05, 0.1) is 32.8 Å². The van der Waals surface area contributed by atoms with E-state index >= 15 is 0 Å². The minimum Gasteiger partial charge on any atom is -0.497 e. The molecule has 1 atom stereocenters. The molecule has 0 bridgehead atoms. The van der Waals surface area contributed by atoms with Gasteiger partial charge in [0, 0.05) is 6.42 Å². The summed E-state index contributed by atoms with van der Waals surface area (Å²) in [6.45, 7) is 3.60. The monoisotopic (exact) mass is 574 g/mol. The second-order valence-corrected chi connectivity index (χ2v) is 9.16. The van der Waals surface area contributed by atoms with Crippen LogP contribution in [0.15, 0.2) is 110 Å². The predicted octanol–water partition coefficient (Wildman–Crippen LogP) is 4.71. The van der Waals surface area contributed by atoms with Gasteiger partial charge in [-0.3, -0.25) is 9.59 Å². The quantitative estimate of drug-likeness (QED) is 0.0691. The van der Waals surface area contributed by atoms with Crippen LogP contribution in [-0.2, 0) is 34.1 Å². The maximum absolute atomic E-state index is 12.3. The Labute approximate surface area is 245 Å². The number of hydrogen-bond donors (Lipinski definition) is 1. The van der Waals surface area contributed by atoms with Crippen LogP contribution in [0.4, 0.5) is 4.79 Å². The van der Waals surface area contributed by atoms with Crippen LogP contribution >= 0.6 is 0 Å². The van der Waals surface area contributed by atoms with Gasteiger partial charge in [-0.1, -0.05) is 79.4 Å². The summed E-state index contributed by atoms with van der Waals surface area (Å²) in [6, 6.07) is 27.1. The smallest absolute Gasteiger partial charge is 0.497 e. The van der Waals surface area contributed by atoms with Crippen molar-refractivity contribution in [2.45, 2.75) is 30.9 Å². The lowest BCUT2D eigenvalue weighted by Gasteiger charge is -2.36. The molecule has 0 amide bonds. The lowest BCUT2D eigenvalue weighted by atomic mass is 9.80. The molecule has 0 saturated heterocycles. The van der Waals surface area contributed by atoms with Crippen LogP contribution in [0.2, 0.25) is 0 Å². The second kappa shape index (κ2) is 16.5. The first-order valence-corrected chi connectivity index (χ1v) is 13.5. The molecular formula is C33H36NO8+. The maximum atomic E-state index is 12.3. The van der Waals surface area contributed by atoms with Crippen molar-refractivity contribution in [3.8, 4) is 5.75 Å². The van der Waals surface area contributed by atoms with Crippen molar-refractivity contribution in [1.82, 2.24) is 0 Å². The average molecular weight is 575 g/mol. The summed E-state index contributed by atoms with van der Waals surface area (Å²) in [6.07, 6.45) is 3.03. The van der Waals surface area contributed by atoms with Gasteiger partial charge in [-0.05, 0) is 41.0 Å². The standard InChI is InChI=1S/C33H35NO8/c1-3-28(34)15-10-22-40-32(37)42-31(36)21-20-30(35)39-23-24-41-33(25-11-6-4-7-12-25,26-13-8-5-9-14-26)27-16-18-29(38-2)19-17-27/h3-14,16-19,22,28H,1,15,20-21,23-24,34H2,2H3/p+1/b22-10+. The Morgan fingerprint density at radius 2 is 1.40 bits per heavy atom. The molecule has 42 heavy (non-hydrogen) atoms. The van der Waals surface area contributed by atoms with E-state index < -0.39 is 23.7 Å². The number of rotatable bonds is 15. The van der Waals surface area contributed by atoms with Crippen LogP contribution in [0, 0.1) is 0 Å². The summed E-state index contributed by atoms with van der Waals surface area (Å²) < 4.78 is 26.5. The fourth-order valence-corrected chi connectivity index (χ4v) is 4.15. The highest BCUT2D eigenvalue weighted by Crippen LogP contribution is 2.40. The zero-order chi connectivity index (χ0) is 30.2. The SMILES string of the molecule is C=CC([NH3+])C/C=C/OC(=O)OC(=O)CCC(=O)OCCOC(c1ccccc1)(c1ccccc1)c1ccc(OC)cc1. The van der Waals surface area contributed by atoms with Gasteiger partial charge in [-0.2, -0.15) is 0 Å². The lowest BCUT2D eigenvalue weighted by Crippen LogP contribution is -2.59. The number of hydrogen-bond acceptors (Lipinski definition) is 8. The van der Waals surface area contributed by atoms with E-state index in [1.807, 2.05) is 84.9 Å². The number of quaternary nitrogens is 1. The van der Waals surface area contributed by atoms with E-state index in [0.29, 0.717) is 12.2 Å². The first-order valence-electron chi connectivity index (χ1n) is 13.5. The molecule has 0 fully saturated rings. The fourth-order valence-electron chi connectivity index (χ4n) is 4.15. The molecule has 220 valence electrons. The third-order valence-electron chi connectivity index (χ3n) is 6.29. The minimum absolute atomic E-state index is 0.0329. The summed E-state index contributed by atoms with van der Waals surface area (Å²) in [5.74, 6) is -0.833. The van der Waals surface area contributed by atoms with Crippen LogP contribution in [0.25, 0.3) is 0 Å². The van der Waals surface area contributed by atoms with Gasteiger partial charge in [0.2, 0.25) is 0 Å².